The summed E-state index contributed by atoms with van der Waals surface area (Å²) in [6.45, 7) is 0. The van der Waals surface area contributed by atoms with E-state index in [1.807, 2.05) is 0 Å². The average molecular weight is 428 g/mol. The molecule has 0 aromatic heterocycles. The van der Waals surface area contributed by atoms with Gasteiger partial charge in [-0.25, -0.2) is 9.59 Å². The van der Waals surface area contributed by atoms with Gasteiger partial charge in [-0.2, -0.15) is 0 Å². The van der Waals surface area contributed by atoms with Crippen molar-refractivity contribution < 1.29 is 39.5 Å². The number of fused-ring (bicyclic) bond motifs is 2. The first-order valence-electron chi connectivity index (χ1n) is 9.38. The summed E-state index contributed by atoms with van der Waals surface area (Å²) in [4.78, 5) is 25.0. The summed E-state index contributed by atoms with van der Waals surface area (Å²) in [5.74, 6) is -1.38. The molecular weight excluding hydrogens is 408 g/mol. The quantitative estimate of drug-likeness (QED) is 0.475. The van der Waals surface area contributed by atoms with Crippen molar-refractivity contribution in [1.29, 1.82) is 0 Å². The molecule has 2 aliphatic heterocycles. The van der Waals surface area contributed by atoms with Crippen LogP contribution < -0.4 is 10.6 Å². The number of carbonyl (C=O) groups excluding carboxylic acids is 1. The zero-order valence-electron chi connectivity index (χ0n) is 16.0. The van der Waals surface area contributed by atoms with E-state index in [0.29, 0.717) is 22.5 Å². The van der Waals surface area contributed by atoms with Gasteiger partial charge in [-0.05, 0) is 24.3 Å². The highest BCUT2D eigenvalue weighted by molar-refractivity contribution is 6.06. The predicted octanol–water partition coefficient (Wildman–Crippen LogP) is 0.624. The molecule has 0 aliphatic carbocycles. The lowest BCUT2D eigenvalue weighted by atomic mass is 9.99. The summed E-state index contributed by atoms with van der Waals surface area (Å²) in [7, 11) is 0. The summed E-state index contributed by atoms with van der Waals surface area (Å²) in [6, 6.07) is 12.9. The third-order valence-electron chi connectivity index (χ3n) is 5.15. The van der Waals surface area contributed by atoms with Crippen molar-refractivity contribution in [3.63, 3.8) is 0 Å². The first kappa shape index (κ1) is 20.8. The van der Waals surface area contributed by atoms with Gasteiger partial charge in [0.05, 0.1) is 11.4 Å². The van der Waals surface area contributed by atoms with E-state index in [9.17, 15) is 30.0 Å². The number of anilines is 2. The van der Waals surface area contributed by atoms with Gasteiger partial charge in [0, 0.05) is 11.1 Å². The Hall–Kier alpha value is -3.44. The summed E-state index contributed by atoms with van der Waals surface area (Å²) in [5.41, 5.74) is 7.50. The van der Waals surface area contributed by atoms with Crippen LogP contribution in [-0.2, 0) is 14.3 Å². The molecule has 2 aromatic carbocycles. The Balaban J connectivity index is 1.79. The number of hydrogen-bond donors (Lipinski definition) is 5. The summed E-state index contributed by atoms with van der Waals surface area (Å²) in [5, 5.41) is 39.5. The van der Waals surface area contributed by atoms with E-state index >= 15 is 0 Å². The highest BCUT2D eigenvalue weighted by Gasteiger charge is 2.48. The molecule has 6 N–H and O–H groups in total. The maximum Gasteiger partial charge on any atom is 0.335 e. The summed E-state index contributed by atoms with van der Waals surface area (Å²) < 4.78 is 11.0. The minimum absolute atomic E-state index is 0.142. The number of aliphatic carboxylic acids is 1. The molecule has 2 aliphatic rings. The van der Waals surface area contributed by atoms with Gasteiger partial charge in [-0.3, -0.25) is 4.90 Å². The molecule has 10 nitrogen and oxygen atoms in total. The lowest BCUT2D eigenvalue weighted by molar-refractivity contribution is -0.277. The molecule has 0 saturated carbocycles. The average Bonchev–Trinajstić information content (AvgIpc) is 2.88. The second kappa shape index (κ2) is 8.00. The molecule has 10 heteroatoms. The van der Waals surface area contributed by atoms with Crippen LogP contribution in [0.5, 0.6) is 0 Å². The van der Waals surface area contributed by atoms with Gasteiger partial charge < -0.3 is 35.6 Å². The zero-order chi connectivity index (χ0) is 22.3. The lowest BCUT2D eigenvalue weighted by Gasteiger charge is -2.38. The molecule has 5 atom stereocenters. The maximum atomic E-state index is 12.3. The number of urea groups is 1. The monoisotopic (exact) mass is 428 g/mol. The Morgan fingerprint density at radius 2 is 1.58 bits per heavy atom. The standard InChI is InChI=1S/C21H20N2O8/c22-21(29)23-12-7-3-1-5-10(12)9-14(11-6-2-4-8-13(11)23)30-20-17(26)15(24)16(25)18(31-20)19(27)28/h1-9,15-18,20,24-26H,(H2,22,29)(H,27,28)/t15-,16-,17+,18-,20-/m1/s1. The normalized spacial score (nSPS) is 27.4. The fourth-order valence-corrected chi connectivity index (χ4v) is 3.65. The Labute approximate surface area is 176 Å². The number of hydrogen-bond acceptors (Lipinski definition) is 7. The second-order valence-corrected chi connectivity index (χ2v) is 7.11. The van der Waals surface area contributed by atoms with E-state index in [0.717, 1.165) is 0 Å². The Morgan fingerprint density at radius 1 is 0.935 bits per heavy atom. The molecule has 2 aromatic rings. The molecule has 2 amide bonds. The molecule has 1 fully saturated rings. The minimum Gasteiger partial charge on any atom is -0.479 e. The molecule has 162 valence electrons. The van der Waals surface area contributed by atoms with Crippen molar-refractivity contribution in [3.05, 3.63) is 59.7 Å². The fourth-order valence-electron chi connectivity index (χ4n) is 3.65. The SMILES string of the molecule is NC(=O)N1c2ccccc2C=C(O[C@@H]2O[C@@H](C(=O)O)[C@H](O)[C@@H](O)[C@@H]2O)c2ccccc21. The van der Waals surface area contributed by atoms with Gasteiger partial charge in [0.15, 0.2) is 6.10 Å². The third-order valence-corrected chi connectivity index (χ3v) is 5.15. The number of nitrogens with two attached hydrogens (primary N) is 1. The van der Waals surface area contributed by atoms with Crippen molar-refractivity contribution in [2.24, 2.45) is 5.73 Å². The topological polar surface area (TPSA) is 163 Å². The van der Waals surface area contributed by atoms with E-state index in [4.69, 9.17) is 15.2 Å². The van der Waals surface area contributed by atoms with E-state index in [1.165, 1.54) is 4.90 Å². The van der Waals surface area contributed by atoms with Gasteiger partial charge in [0.25, 0.3) is 0 Å². The predicted molar refractivity (Wildman–Crippen MR) is 108 cm³/mol. The highest BCUT2D eigenvalue weighted by atomic mass is 16.7. The Kier molecular flexibility index (Phi) is 5.38. The fraction of sp³-hybridized carbons (Fsp3) is 0.238. The number of nitrogens with zero attached hydrogens (tertiary/aromatic N) is 1. The maximum absolute atomic E-state index is 12.3. The number of carboxylic acids is 1. The smallest absolute Gasteiger partial charge is 0.335 e. The number of amides is 2. The molecule has 0 radical (unpaired) electrons. The molecule has 0 unspecified atom stereocenters. The number of rotatable bonds is 3. The van der Waals surface area contributed by atoms with Gasteiger partial charge in [-0.1, -0.05) is 30.3 Å². The van der Waals surface area contributed by atoms with Gasteiger partial charge in [-0.15, -0.1) is 0 Å². The van der Waals surface area contributed by atoms with E-state index in [2.05, 4.69) is 0 Å². The van der Waals surface area contributed by atoms with Crippen LogP contribution in [0, 0.1) is 0 Å². The molecule has 1 saturated heterocycles. The first-order chi connectivity index (χ1) is 14.8. The van der Waals surface area contributed by atoms with Crippen LogP contribution in [0.1, 0.15) is 11.1 Å². The van der Waals surface area contributed by atoms with Gasteiger partial charge >= 0.3 is 12.0 Å². The Bertz CT molecular complexity index is 1060. The van der Waals surface area contributed by atoms with Crippen LogP contribution in [0.2, 0.25) is 0 Å². The molecule has 4 rings (SSSR count). The lowest BCUT2D eigenvalue weighted by Crippen LogP contribution is -2.60. The van der Waals surface area contributed by atoms with Gasteiger partial charge in [0.1, 0.15) is 24.1 Å². The van der Waals surface area contributed by atoms with Crippen molar-refractivity contribution in [2.45, 2.75) is 30.7 Å². The van der Waals surface area contributed by atoms with Crippen molar-refractivity contribution >= 4 is 35.2 Å². The van der Waals surface area contributed by atoms with Gasteiger partial charge in [0.2, 0.25) is 6.29 Å². The first-order valence-corrected chi connectivity index (χ1v) is 9.38. The second-order valence-electron chi connectivity index (χ2n) is 7.11. The molecular formula is C21H20N2O8. The number of benzene rings is 2. The number of primary amides is 1. The number of para-hydroxylation sites is 2. The summed E-state index contributed by atoms with van der Waals surface area (Å²) in [6.07, 6.45) is -7.21. The zero-order valence-corrected chi connectivity index (χ0v) is 16.0. The van der Waals surface area contributed by atoms with E-state index in [1.54, 1.807) is 54.6 Å². The number of carbonyl (C=O) groups is 2. The van der Waals surface area contributed by atoms with Crippen molar-refractivity contribution in [2.75, 3.05) is 4.90 Å². The number of aliphatic hydroxyl groups excluding tert-OH is 3. The molecule has 31 heavy (non-hydrogen) atoms. The van der Waals surface area contributed by atoms with Crippen LogP contribution in [0.25, 0.3) is 11.8 Å². The summed E-state index contributed by atoms with van der Waals surface area (Å²) >= 11 is 0. The largest absolute Gasteiger partial charge is 0.479 e. The highest BCUT2D eigenvalue weighted by Crippen LogP contribution is 2.41. The molecule has 0 spiro atoms. The molecule has 2 heterocycles. The number of aliphatic hydroxyl groups is 3. The van der Waals surface area contributed by atoms with E-state index < -0.39 is 42.7 Å². The minimum atomic E-state index is -1.84. The van der Waals surface area contributed by atoms with Crippen LogP contribution in [0.15, 0.2) is 48.5 Å². The molecule has 0 bridgehead atoms. The number of carboxylic acid groups (broad SMARTS) is 1. The van der Waals surface area contributed by atoms with Crippen LogP contribution in [-0.4, -0.2) is 63.1 Å². The Morgan fingerprint density at radius 3 is 2.26 bits per heavy atom. The van der Waals surface area contributed by atoms with Crippen molar-refractivity contribution in [1.82, 2.24) is 0 Å². The van der Waals surface area contributed by atoms with Crippen molar-refractivity contribution in [3.8, 4) is 0 Å². The van der Waals surface area contributed by atoms with Crippen LogP contribution in [0.4, 0.5) is 16.2 Å². The van der Waals surface area contributed by atoms with Crippen LogP contribution >= 0.6 is 0 Å². The van der Waals surface area contributed by atoms with E-state index in [-0.39, 0.29) is 5.76 Å². The van der Waals surface area contributed by atoms with Crippen LogP contribution in [0.3, 0.4) is 0 Å². The third kappa shape index (κ3) is 3.62. The number of ether oxygens (including phenoxy) is 2.